The number of nitrogens with one attached hydrogen (secondary N) is 2. The van der Waals surface area contributed by atoms with Gasteiger partial charge in [-0.05, 0) is 42.8 Å². The van der Waals surface area contributed by atoms with E-state index in [-0.39, 0.29) is 18.7 Å². The van der Waals surface area contributed by atoms with Gasteiger partial charge < -0.3 is 19.5 Å². The van der Waals surface area contributed by atoms with E-state index in [9.17, 15) is 18.0 Å². The predicted octanol–water partition coefficient (Wildman–Crippen LogP) is 5.62. The van der Waals surface area contributed by atoms with Crippen molar-refractivity contribution in [1.82, 2.24) is 20.1 Å². The van der Waals surface area contributed by atoms with Gasteiger partial charge >= 0.3 is 12.4 Å². The number of methoxy groups -OCH3 is 2. The number of halogens is 3. The van der Waals surface area contributed by atoms with Gasteiger partial charge in [0.2, 0.25) is 5.88 Å². The van der Waals surface area contributed by atoms with Crippen LogP contribution >= 0.6 is 0 Å². The van der Waals surface area contributed by atoms with Crippen LogP contribution in [0.4, 0.5) is 23.8 Å². The zero-order valence-electron chi connectivity index (χ0n) is 21.4. The largest absolute Gasteiger partial charge is 0.573 e. The quantitative estimate of drug-likeness (QED) is 0.286. The van der Waals surface area contributed by atoms with Gasteiger partial charge in [0, 0.05) is 42.6 Å². The van der Waals surface area contributed by atoms with Crippen LogP contribution in [0.1, 0.15) is 16.7 Å². The van der Waals surface area contributed by atoms with Crippen LogP contribution in [0.15, 0.2) is 66.9 Å². The Morgan fingerprint density at radius 3 is 2.46 bits per heavy atom. The molecule has 0 saturated heterocycles. The molecule has 2 amide bonds. The lowest BCUT2D eigenvalue weighted by atomic mass is 10.1. The number of aromatic nitrogens is 3. The first-order chi connectivity index (χ1) is 18.7. The van der Waals surface area contributed by atoms with Crippen molar-refractivity contribution in [2.45, 2.75) is 26.4 Å². The van der Waals surface area contributed by atoms with Crippen molar-refractivity contribution in [3.05, 3.63) is 83.6 Å². The smallest absolute Gasteiger partial charge is 0.481 e. The summed E-state index contributed by atoms with van der Waals surface area (Å²) in [7, 11) is 2.99. The van der Waals surface area contributed by atoms with Gasteiger partial charge in [0.25, 0.3) is 0 Å². The van der Waals surface area contributed by atoms with E-state index in [4.69, 9.17) is 14.6 Å². The molecule has 2 aromatic carbocycles. The third kappa shape index (κ3) is 6.85. The highest BCUT2D eigenvalue weighted by Gasteiger charge is 2.32. The Balaban J connectivity index is 1.60. The Kier molecular flexibility index (Phi) is 8.35. The second-order valence-corrected chi connectivity index (χ2v) is 8.39. The summed E-state index contributed by atoms with van der Waals surface area (Å²) < 4.78 is 54.7. The van der Waals surface area contributed by atoms with E-state index >= 15 is 0 Å². The van der Waals surface area contributed by atoms with E-state index in [0.717, 1.165) is 0 Å². The first-order valence-electron chi connectivity index (χ1n) is 11.7. The van der Waals surface area contributed by atoms with Crippen molar-refractivity contribution in [2.75, 3.05) is 19.5 Å². The van der Waals surface area contributed by atoms with Gasteiger partial charge in [-0.15, -0.1) is 13.2 Å². The fourth-order valence-electron chi connectivity index (χ4n) is 3.89. The molecule has 0 saturated carbocycles. The Morgan fingerprint density at radius 1 is 1.05 bits per heavy atom. The van der Waals surface area contributed by atoms with Gasteiger partial charge in [0.1, 0.15) is 11.6 Å². The number of nitrogens with zero attached hydrogens (tertiary/aromatic N) is 3. The number of hydrogen-bond acceptors (Lipinski definition) is 6. The molecule has 0 radical (unpaired) electrons. The molecule has 39 heavy (non-hydrogen) atoms. The maximum atomic E-state index is 13.0. The minimum Gasteiger partial charge on any atom is -0.481 e. The molecule has 2 heterocycles. The lowest BCUT2D eigenvalue weighted by molar-refractivity contribution is -0.274. The van der Waals surface area contributed by atoms with Crippen molar-refractivity contribution in [2.24, 2.45) is 0 Å². The Labute approximate surface area is 222 Å². The van der Waals surface area contributed by atoms with Crippen LogP contribution in [0, 0.1) is 6.92 Å². The average Bonchev–Trinajstić information content (AvgIpc) is 3.24. The zero-order chi connectivity index (χ0) is 28.0. The molecule has 0 aliphatic heterocycles. The van der Waals surface area contributed by atoms with E-state index in [1.807, 2.05) is 30.3 Å². The fraction of sp³-hybridized carbons (Fsp3) is 0.222. The first kappa shape index (κ1) is 27.5. The number of carbonyl (C=O) groups excluding carboxylic acids is 1. The molecule has 2 aromatic heterocycles. The van der Waals surface area contributed by atoms with Crippen LogP contribution in [0.5, 0.6) is 11.6 Å². The van der Waals surface area contributed by atoms with Crippen molar-refractivity contribution in [1.29, 1.82) is 0 Å². The van der Waals surface area contributed by atoms with E-state index in [2.05, 4.69) is 20.4 Å². The van der Waals surface area contributed by atoms with Crippen LogP contribution in [0.2, 0.25) is 0 Å². The van der Waals surface area contributed by atoms with Crippen LogP contribution < -0.4 is 20.1 Å². The molecule has 4 rings (SSSR count). The molecule has 0 aliphatic rings. The van der Waals surface area contributed by atoms with Crippen LogP contribution in [-0.2, 0) is 17.9 Å². The topological polar surface area (TPSA) is 99.5 Å². The molecule has 0 aliphatic carbocycles. The van der Waals surface area contributed by atoms with Gasteiger partial charge in [-0.1, -0.05) is 24.3 Å². The summed E-state index contributed by atoms with van der Waals surface area (Å²) in [4.78, 5) is 17.2. The average molecular weight is 542 g/mol. The zero-order valence-corrected chi connectivity index (χ0v) is 21.4. The molecule has 204 valence electrons. The lowest BCUT2D eigenvalue weighted by Gasteiger charge is -2.16. The number of hydrogen-bond donors (Lipinski definition) is 2. The second kappa shape index (κ2) is 11.9. The predicted molar refractivity (Wildman–Crippen MR) is 138 cm³/mol. The summed E-state index contributed by atoms with van der Waals surface area (Å²) in [6.45, 7) is 1.75. The normalized spacial score (nSPS) is 11.2. The molecule has 0 fully saturated rings. The Hall–Kier alpha value is -4.58. The third-order valence-corrected chi connectivity index (χ3v) is 5.67. The highest BCUT2D eigenvalue weighted by molar-refractivity contribution is 5.90. The number of amides is 2. The fourth-order valence-corrected chi connectivity index (χ4v) is 3.89. The van der Waals surface area contributed by atoms with Crippen molar-refractivity contribution < 1.29 is 32.2 Å². The van der Waals surface area contributed by atoms with E-state index in [0.29, 0.717) is 39.8 Å². The molecular formula is C27H26F3N5O4. The third-order valence-electron chi connectivity index (χ3n) is 5.67. The molecule has 0 spiro atoms. The summed E-state index contributed by atoms with van der Waals surface area (Å²) in [6.07, 6.45) is -3.27. The number of ether oxygens (including phenoxy) is 3. The van der Waals surface area contributed by atoms with E-state index in [1.165, 1.54) is 32.4 Å². The van der Waals surface area contributed by atoms with E-state index < -0.39 is 18.1 Å². The lowest BCUT2D eigenvalue weighted by Crippen LogP contribution is -2.30. The standard InChI is InChI=1S/C27H26F3N5O4/c1-17-24(19-10-12-23(38-3)31-14-19)34-35(21-7-5-4-6-8-21)25(17)33-26(36)32-15-20-13-18(16-37-2)9-11-22(20)39-27(28,29)30/h4-14H,15-16H2,1-3H3,(H2,32,33,36). The van der Waals surface area contributed by atoms with Crippen molar-refractivity contribution >= 4 is 11.8 Å². The first-order valence-corrected chi connectivity index (χ1v) is 11.7. The molecule has 12 heteroatoms. The molecule has 0 atom stereocenters. The molecular weight excluding hydrogens is 515 g/mol. The summed E-state index contributed by atoms with van der Waals surface area (Å²) in [5.41, 5.74) is 3.39. The molecule has 0 unspecified atom stereocenters. The highest BCUT2D eigenvalue weighted by atomic mass is 19.4. The van der Waals surface area contributed by atoms with Gasteiger partial charge in [0.15, 0.2) is 0 Å². The number of para-hydroxylation sites is 1. The molecule has 9 nitrogen and oxygen atoms in total. The number of urea groups is 1. The van der Waals surface area contributed by atoms with Crippen molar-refractivity contribution in [3.63, 3.8) is 0 Å². The van der Waals surface area contributed by atoms with Crippen LogP contribution in [-0.4, -0.2) is 41.4 Å². The van der Waals surface area contributed by atoms with Gasteiger partial charge in [0.05, 0.1) is 25.1 Å². The van der Waals surface area contributed by atoms with Crippen molar-refractivity contribution in [3.8, 4) is 28.6 Å². The summed E-state index contributed by atoms with van der Waals surface area (Å²) >= 11 is 0. The van der Waals surface area contributed by atoms with E-state index in [1.54, 1.807) is 29.9 Å². The molecule has 0 bridgehead atoms. The number of alkyl halides is 3. The minimum atomic E-state index is -4.88. The van der Waals surface area contributed by atoms with Gasteiger partial charge in [-0.3, -0.25) is 5.32 Å². The maximum Gasteiger partial charge on any atom is 0.573 e. The second-order valence-electron chi connectivity index (χ2n) is 8.39. The Morgan fingerprint density at radius 2 is 1.82 bits per heavy atom. The summed E-state index contributed by atoms with van der Waals surface area (Å²) in [5, 5.41) is 10.1. The molecule has 4 aromatic rings. The SMILES string of the molecule is COCc1ccc(OC(F)(F)F)c(CNC(=O)Nc2c(C)c(-c3ccc(OC)nc3)nn2-c2ccccc2)c1. The van der Waals surface area contributed by atoms with Crippen LogP contribution in [0.3, 0.4) is 0 Å². The summed E-state index contributed by atoms with van der Waals surface area (Å²) in [5.74, 6) is 0.409. The number of rotatable bonds is 9. The van der Waals surface area contributed by atoms with Crippen LogP contribution in [0.25, 0.3) is 16.9 Å². The number of carbonyl (C=O) groups is 1. The number of anilines is 1. The van der Waals surface area contributed by atoms with Gasteiger partial charge in [-0.2, -0.15) is 5.10 Å². The molecule has 2 N–H and O–H groups in total. The maximum absolute atomic E-state index is 13.0. The number of benzene rings is 2. The highest BCUT2D eigenvalue weighted by Crippen LogP contribution is 2.31. The summed E-state index contributed by atoms with van der Waals surface area (Å²) in [6, 6.07) is 16.2. The minimum absolute atomic E-state index is 0.135. The number of pyridine rings is 1. The van der Waals surface area contributed by atoms with Gasteiger partial charge in [-0.25, -0.2) is 14.5 Å². The Bertz CT molecular complexity index is 1420. The monoisotopic (exact) mass is 541 g/mol.